The van der Waals surface area contributed by atoms with Gasteiger partial charge in [0.25, 0.3) is 5.91 Å². The number of aromatic nitrogens is 3. The number of nitrogens with one attached hydrogen (secondary N) is 2. The second-order valence-corrected chi connectivity index (χ2v) is 6.48. The molecule has 1 fully saturated rings. The number of aromatic amines is 1. The number of amides is 1. The van der Waals surface area contributed by atoms with Crippen LogP contribution in [0.25, 0.3) is 0 Å². The van der Waals surface area contributed by atoms with Crippen molar-refractivity contribution in [3.05, 3.63) is 36.5 Å². The maximum atomic E-state index is 12.0. The predicted octanol–water partition coefficient (Wildman–Crippen LogP) is 1.36. The maximum absolute atomic E-state index is 12.0. The van der Waals surface area contributed by atoms with Crippen molar-refractivity contribution in [2.24, 2.45) is 0 Å². The molecule has 2 aromatic rings. The van der Waals surface area contributed by atoms with Crippen LogP contribution in [-0.2, 0) is 9.31 Å². The van der Waals surface area contributed by atoms with Crippen LogP contribution in [0, 0.1) is 0 Å². The van der Waals surface area contributed by atoms with Crippen LogP contribution in [0.3, 0.4) is 0 Å². The maximum Gasteiger partial charge on any atom is 0.514 e. The van der Waals surface area contributed by atoms with E-state index in [4.69, 9.17) is 9.31 Å². The number of nitrogens with zero attached hydrogens (tertiary/aromatic N) is 2. The van der Waals surface area contributed by atoms with E-state index in [9.17, 15) is 4.79 Å². The largest absolute Gasteiger partial charge is 0.514 e. The summed E-state index contributed by atoms with van der Waals surface area (Å²) in [6.45, 7) is 7.93. The van der Waals surface area contributed by atoms with Crippen molar-refractivity contribution < 1.29 is 14.1 Å². The van der Waals surface area contributed by atoms with E-state index in [1.54, 1.807) is 18.3 Å². The van der Waals surface area contributed by atoms with Crippen molar-refractivity contribution in [3.63, 3.8) is 0 Å². The zero-order valence-electron chi connectivity index (χ0n) is 13.6. The SMILES string of the molecule is CC1(C)OB(c2cc(NC(=O)c3cnc[nH]3)ccn2)OC1(C)C. The lowest BCUT2D eigenvalue weighted by molar-refractivity contribution is 0.00578. The average Bonchev–Trinajstić information content (AvgIpc) is 3.06. The van der Waals surface area contributed by atoms with Crippen molar-refractivity contribution in [1.29, 1.82) is 0 Å². The number of imidazole rings is 1. The number of carbonyl (C=O) groups excluding carboxylic acids is 1. The van der Waals surface area contributed by atoms with E-state index in [1.807, 2.05) is 27.7 Å². The van der Waals surface area contributed by atoms with E-state index in [0.29, 0.717) is 17.0 Å². The summed E-state index contributed by atoms with van der Waals surface area (Å²) in [4.78, 5) is 22.9. The number of H-pyrrole nitrogens is 1. The van der Waals surface area contributed by atoms with Gasteiger partial charge in [-0.2, -0.15) is 0 Å². The molecule has 0 unspecified atom stereocenters. The molecule has 0 aliphatic carbocycles. The topological polar surface area (TPSA) is 89.1 Å². The molecule has 2 N–H and O–H groups in total. The van der Waals surface area contributed by atoms with E-state index in [-0.39, 0.29) is 5.91 Å². The Labute approximate surface area is 135 Å². The van der Waals surface area contributed by atoms with E-state index in [0.717, 1.165) is 0 Å². The van der Waals surface area contributed by atoms with E-state index in [2.05, 4.69) is 20.3 Å². The van der Waals surface area contributed by atoms with Crippen LogP contribution < -0.4 is 10.9 Å². The van der Waals surface area contributed by atoms with Gasteiger partial charge in [-0.15, -0.1) is 0 Å². The quantitative estimate of drug-likeness (QED) is 0.835. The Bertz CT molecular complexity index is 699. The molecule has 0 saturated carbocycles. The van der Waals surface area contributed by atoms with Crippen LogP contribution >= 0.6 is 0 Å². The molecule has 3 rings (SSSR count). The lowest BCUT2D eigenvalue weighted by Crippen LogP contribution is -2.41. The smallest absolute Gasteiger partial charge is 0.398 e. The Morgan fingerprint density at radius 2 is 1.96 bits per heavy atom. The number of pyridine rings is 1. The summed E-state index contributed by atoms with van der Waals surface area (Å²) in [5.74, 6) is -0.270. The number of carbonyl (C=O) groups is 1. The van der Waals surface area contributed by atoms with Crippen LogP contribution in [0.5, 0.6) is 0 Å². The van der Waals surface area contributed by atoms with E-state index >= 15 is 0 Å². The highest BCUT2D eigenvalue weighted by molar-refractivity contribution is 6.61. The molecule has 1 aliphatic heterocycles. The van der Waals surface area contributed by atoms with Crippen LogP contribution in [0.15, 0.2) is 30.9 Å². The van der Waals surface area contributed by atoms with Gasteiger partial charge in [0.15, 0.2) is 0 Å². The van der Waals surface area contributed by atoms with Crippen molar-refractivity contribution in [3.8, 4) is 0 Å². The molecule has 0 spiro atoms. The zero-order valence-corrected chi connectivity index (χ0v) is 13.6. The molecule has 0 atom stereocenters. The first-order valence-corrected chi connectivity index (χ1v) is 7.40. The van der Waals surface area contributed by atoms with Gasteiger partial charge >= 0.3 is 7.12 Å². The minimum atomic E-state index is -0.566. The minimum absolute atomic E-state index is 0.270. The van der Waals surface area contributed by atoms with E-state index in [1.165, 1.54) is 12.5 Å². The highest BCUT2D eigenvalue weighted by Crippen LogP contribution is 2.36. The Hall–Kier alpha value is -2.19. The van der Waals surface area contributed by atoms with Gasteiger partial charge < -0.3 is 19.6 Å². The molecule has 1 amide bonds. The summed E-state index contributed by atoms with van der Waals surface area (Å²) in [6, 6.07) is 3.46. The summed E-state index contributed by atoms with van der Waals surface area (Å²) >= 11 is 0. The van der Waals surface area contributed by atoms with E-state index < -0.39 is 18.3 Å². The summed E-state index contributed by atoms with van der Waals surface area (Å²) < 4.78 is 11.9. The molecule has 23 heavy (non-hydrogen) atoms. The lowest BCUT2D eigenvalue weighted by Gasteiger charge is -2.32. The Morgan fingerprint density at radius 3 is 2.57 bits per heavy atom. The molecule has 8 heteroatoms. The van der Waals surface area contributed by atoms with Gasteiger partial charge in [0.2, 0.25) is 0 Å². The minimum Gasteiger partial charge on any atom is -0.398 e. The van der Waals surface area contributed by atoms with Gasteiger partial charge in [0.1, 0.15) is 5.69 Å². The summed E-state index contributed by atoms with van der Waals surface area (Å²) in [6.07, 6.45) is 4.53. The average molecular weight is 314 g/mol. The Morgan fingerprint density at radius 1 is 1.26 bits per heavy atom. The predicted molar refractivity (Wildman–Crippen MR) is 86.5 cm³/mol. The van der Waals surface area contributed by atoms with Crippen molar-refractivity contribution in [2.75, 3.05) is 5.32 Å². The number of hydrogen-bond donors (Lipinski definition) is 2. The molecule has 120 valence electrons. The third-order valence-electron chi connectivity index (χ3n) is 4.28. The molecular formula is C15H19BN4O3. The van der Waals surface area contributed by atoms with Crippen LogP contribution in [0.2, 0.25) is 0 Å². The summed E-state index contributed by atoms with van der Waals surface area (Å²) in [5.41, 5.74) is 0.748. The lowest BCUT2D eigenvalue weighted by atomic mass is 9.84. The molecule has 7 nitrogen and oxygen atoms in total. The third kappa shape index (κ3) is 3.00. The number of rotatable bonds is 3. The second kappa shape index (κ2) is 5.47. The summed E-state index contributed by atoms with van der Waals surface area (Å²) in [5, 5.41) is 2.79. The van der Waals surface area contributed by atoms with Gasteiger partial charge in [-0.25, -0.2) is 4.98 Å². The van der Waals surface area contributed by atoms with Gasteiger partial charge in [0, 0.05) is 11.9 Å². The Balaban J connectivity index is 1.77. The highest BCUT2D eigenvalue weighted by atomic mass is 16.7. The second-order valence-electron chi connectivity index (χ2n) is 6.48. The molecule has 1 saturated heterocycles. The third-order valence-corrected chi connectivity index (χ3v) is 4.28. The molecular weight excluding hydrogens is 295 g/mol. The van der Waals surface area contributed by atoms with Crippen molar-refractivity contribution in [2.45, 2.75) is 38.9 Å². The highest BCUT2D eigenvalue weighted by Gasteiger charge is 2.52. The summed E-state index contributed by atoms with van der Waals surface area (Å²) in [7, 11) is -0.566. The number of hydrogen-bond acceptors (Lipinski definition) is 5. The molecule has 0 bridgehead atoms. The van der Waals surface area contributed by atoms with Gasteiger partial charge in [0.05, 0.1) is 29.3 Å². The van der Waals surface area contributed by atoms with Gasteiger partial charge in [-0.05, 0) is 39.8 Å². The molecule has 0 aromatic carbocycles. The first-order valence-electron chi connectivity index (χ1n) is 7.40. The van der Waals surface area contributed by atoms with Gasteiger partial charge in [-0.3, -0.25) is 9.78 Å². The standard InChI is InChI=1S/C15H19BN4O3/c1-14(2)15(3,4)23-16(22-14)12-7-10(5-6-18-12)20-13(21)11-8-17-9-19-11/h5-9H,1-4H3,(H,17,19)(H,18,20,21). The van der Waals surface area contributed by atoms with Crippen molar-refractivity contribution in [1.82, 2.24) is 15.0 Å². The molecule has 0 radical (unpaired) electrons. The fourth-order valence-electron chi connectivity index (χ4n) is 2.20. The number of anilines is 1. The molecule has 3 heterocycles. The molecule has 1 aliphatic rings. The zero-order chi connectivity index (χ0) is 16.7. The van der Waals surface area contributed by atoms with Crippen LogP contribution in [0.1, 0.15) is 38.2 Å². The first kappa shape index (κ1) is 15.7. The van der Waals surface area contributed by atoms with Crippen molar-refractivity contribution >= 4 is 24.3 Å². The monoisotopic (exact) mass is 314 g/mol. The normalized spacial score (nSPS) is 18.9. The fraction of sp³-hybridized carbons (Fsp3) is 0.400. The fourth-order valence-corrected chi connectivity index (χ4v) is 2.20. The van der Waals surface area contributed by atoms with Crippen LogP contribution in [0.4, 0.5) is 5.69 Å². The molecule has 2 aromatic heterocycles. The first-order chi connectivity index (χ1) is 10.8. The van der Waals surface area contributed by atoms with Gasteiger partial charge in [-0.1, -0.05) is 0 Å². The van der Waals surface area contributed by atoms with Crippen LogP contribution in [-0.4, -0.2) is 39.2 Å². The Kier molecular flexibility index (Phi) is 3.73.